The minimum atomic E-state index is -0.0344. The predicted octanol–water partition coefficient (Wildman–Crippen LogP) is 0.144. The van der Waals surface area contributed by atoms with Crippen LogP contribution in [0.1, 0.15) is 19.5 Å². The highest BCUT2D eigenvalue weighted by molar-refractivity contribution is 5.75. The van der Waals surface area contributed by atoms with Gasteiger partial charge in [-0.15, -0.1) is 0 Å². The molecule has 0 fully saturated rings. The van der Waals surface area contributed by atoms with E-state index in [1.165, 1.54) is 0 Å². The molecular weight excluding hydrogens is 232 g/mol. The first-order chi connectivity index (χ1) is 8.61. The van der Waals surface area contributed by atoms with Crippen LogP contribution in [0.25, 0.3) is 0 Å². The van der Waals surface area contributed by atoms with Gasteiger partial charge in [0.2, 0.25) is 5.91 Å². The molecule has 0 spiro atoms. The van der Waals surface area contributed by atoms with E-state index >= 15 is 0 Å². The van der Waals surface area contributed by atoms with Crippen LogP contribution >= 0.6 is 0 Å². The quantitative estimate of drug-likeness (QED) is 0.648. The van der Waals surface area contributed by atoms with Crippen molar-refractivity contribution < 1.29 is 9.53 Å². The monoisotopic (exact) mass is 254 g/mol. The van der Waals surface area contributed by atoms with E-state index in [0.717, 1.165) is 12.2 Å². The van der Waals surface area contributed by atoms with Crippen LogP contribution in [0.2, 0.25) is 0 Å². The van der Waals surface area contributed by atoms with Gasteiger partial charge in [0.1, 0.15) is 6.54 Å². The van der Waals surface area contributed by atoms with Crippen molar-refractivity contribution in [2.24, 2.45) is 0 Å². The second-order valence-electron chi connectivity index (χ2n) is 4.42. The number of nitrogens with one attached hydrogen (secondary N) is 2. The lowest BCUT2D eigenvalue weighted by Gasteiger charge is -2.05. The Labute approximate surface area is 108 Å². The summed E-state index contributed by atoms with van der Waals surface area (Å²) in [5.74, 6) is -0.0344. The van der Waals surface area contributed by atoms with Gasteiger partial charge < -0.3 is 19.9 Å². The summed E-state index contributed by atoms with van der Waals surface area (Å²) in [4.78, 5) is 15.8. The van der Waals surface area contributed by atoms with Crippen molar-refractivity contribution in [3.63, 3.8) is 0 Å². The lowest BCUT2D eigenvalue weighted by Crippen LogP contribution is -2.30. The zero-order valence-electron chi connectivity index (χ0n) is 11.3. The van der Waals surface area contributed by atoms with E-state index in [4.69, 9.17) is 4.74 Å². The van der Waals surface area contributed by atoms with Gasteiger partial charge in [-0.3, -0.25) is 4.79 Å². The SMILES string of the molecule is COCCNC(=O)Cn1cnc(CNC(C)C)c1. The number of rotatable bonds is 8. The fourth-order valence-corrected chi connectivity index (χ4v) is 1.41. The fourth-order valence-electron chi connectivity index (χ4n) is 1.41. The predicted molar refractivity (Wildman–Crippen MR) is 69.1 cm³/mol. The average molecular weight is 254 g/mol. The third-order valence-electron chi connectivity index (χ3n) is 2.33. The van der Waals surface area contributed by atoms with E-state index in [0.29, 0.717) is 25.7 Å². The Morgan fingerprint density at radius 2 is 2.33 bits per heavy atom. The van der Waals surface area contributed by atoms with Crippen LogP contribution < -0.4 is 10.6 Å². The maximum atomic E-state index is 11.5. The van der Waals surface area contributed by atoms with Crippen molar-refractivity contribution in [2.45, 2.75) is 33.0 Å². The van der Waals surface area contributed by atoms with Crippen molar-refractivity contribution in [1.29, 1.82) is 0 Å². The number of methoxy groups -OCH3 is 1. The summed E-state index contributed by atoms with van der Waals surface area (Å²) in [5, 5.41) is 6.04. The molecule has 1 heterocycles. The van der Waals surface area contributed by atoms with Crippen LogP contribution in [0.5, 0.6) is 0 Å². The molecule has 2 N–H and O–H groups in total. The number of amides is 1. The summed E-state index contributed by atoms with van der Waals surface area (Å²) in [7, 11) is 1.61. The molecule has 6 nitrogen and oxygen atoms in total. The normalized spacial score (nSPS) is 10.9. The lowest BCUT2D eigenvalue weighted by molar-refractivity contribution is -0.121. The van der Waals surface area contributed by atoms with Gasteiger partial charge in [0.15, 0.2) is 0 Å². The second-order valence-corrected chi connectivity index (χ2v) is 4.42. The van der Waals surface area contributed by atoms with Gasteiger partial charge in [-0.2, -0.15) is 0 Å². The first-order valence-electron chi connectivity index (χ1n) is 6.11. The van der Waals surface area contributed by atoms with Crippen molar-refractivity contribution >= 4 is 5.91 Å². The van der Waals surface area contributed by atoms with E-state index in [1.807, 2.05) is 6.20 Å². The molecule has 18 heavy (non-hydrogen) atoms. The second kappa shape index (κ2) is 7.84. The zero-order valence-corrected chi connectivity index (χ0v) is 11.3. The number of ether oxygens (including phenoxy) is 1. The molecule has 1 rings (SSSR count). The Morgan fingerprint density at radius 3 is 3.00 bits per heavy atom. The number of hydrogen-bond donors (Lipinski definition) is 2. The summed E-state index contributed by atoms with van der Waals surface area (Å²) in [6.07, 6.45) is 3.55. The van der Waals surface area contributed by atoms with E-state index in [9.17, 15) is 4.79 Å². The number of imidazole rings is 1. The molecule has 0 aliphatic rings. The molecule has 0 bridgehead atoms. The first kappa shape index (κ1) is 14.7. The number of nitrogens with zero attached hydrogens (tertiary/aromatic N) is 2. The van der Waals surface area contributed by atoms with E-state index in [1.54, 1.807) is 18.0 Å². The molecule has 102 valence electrons. The van der Waals surface area contributed by atoms with Gasteiger partial charge >= 0.3 is 0 Å². The van der Waals surface area contributed by atoms with E-state index in [2.05, 4.69) is 29.5 Å². The molecule has 6 heteroatoms. The van der Waals surface area contributed by atoms with Crippen LogP contribution in [0, 0.1) is 0 Å². The maximum Gasteiger partial charge on any atom is 0.240 e. The van der Waals surface area contributed by atoms with Crippen molar-refractivity contribution in [3.8, 4) is 0 Å². The summed E-state index contributed by atoms with van der Waals surface area (Å²) in [6, 6.07) is 0.424. The van der Waals surface area contributed by atoms with Crippen LogP contribution in [0.3, 0.4) is 0 Å². The highest BCUT2D eigenvalue weighted by Crippen LogP contribution is 1.96. The van der Waals surface area contributed by atoms with Crippen molar-refractivity contribution in [3.05, 3.63) is 18.2 Å². The minimum absolute atomic E-state index is 0.0344. The minimum Gasteiger partial charge on any atom is -0.383 e. The van der Waals surface area contributed by atoms with Crippen molar-refractivity contribution in [1.82, 2.24) is 20.2 Å². The van der Waals surface area contributed by atoms with Gasteiger partial charge in [0, 0.05) is 32.4 Å². The molecule has 0 radical (unpaired) electrons. The van der Waals surface area contributed by atoms with Crippen LogP contribution in [-0.2, 0) is 22.6 Å². The first-order valence-corrected chi connectivity index (χ1v) is 6.11. The van der Waals surface area contributed by atoms with Gasteiger partial charge in [0.25, 0.3) is 0 Å². The molecule has 0 saturated heterocycles. The Balaban J connectivity index is 2.32. The highest BCUT2D eigenvalue weighted by atomic mass is 16.5. The lowest BCUT2D eigenvalue weighted by atomic mass is 10.3. The zero-order chi connectivity index (χ0) is 13.4. The van der Waals surface area contributed by atoms with Gasteiger partial charge in [0.05, 0.1) is 18.6 Å². The molecule has 0 atom stereocenters. The number of carbonyl (C=O) groups excluding carboxylic acids is 1. The van der Waals surface area contributed by atoms with Gasteiger partial charge in [-0.25, -0.2) is 4.98 Å². The number of aromatic nitrogens is 2. The van der Waals surface area contributed by atoms with Crippen LogP contribution in [-0.4, -0.2) is 41.8 Å². The molecule has 0 unspecified atom stereocenters. The largest absolute Gasteiger partial charge is 0.383 e. The molecule has 0 aromatic carbocycles. The van der Waals surface area contributed by atoms with Crippen LogP contribution in [0.15, 0.2) is 12.5 Å². The summed E-state index contributed by atoms with van der Waals surface area (Å²) in [5.41, 5.74) is 0.938. The third-order valence-corrected chi connectivity index (χ3v) is 2.33. The highest BCUT2D eigenvalue weighted by Gasteiger charge is 2.04. The molecule has 0 saturated carbocycles. The van der Waals surface area contributed by atoms with Crippen LogP contribution in [0.4, 0.5) is 0 Å². The topological polar surface area (TPSA) is 68.2 Å². The van der Waals surface area contributed by atoms with Gasteiger partial charge in [-0.05, 0) is 0 Å². The third kappa shape index (κ3) is 5.79. The molecule has 1 aromatic heterocycles. The molecule has 0 aliphatic heterocycles. The molecular formula is C12H22N4O2. The number of hydrogen-bond acceptors (Lipinski definition) is 4. The molecule has 0 aliphatic carbocycles. The Morgan fingerprint density at radius 1 is 1.56 bits per heavy atom. The molecule has 1 amide bonds. The Hall–Kier alpha value is -1.40. The van der Waals surface area contributed by atoms with Crippen molar-refractivity contribution in [2.75, 3.05) is 20.3 Å². The summed E-state index contributed by atoms with van der Waals surface area (Å²) >= 11 is 0. The Bertz CT molecular complexity index is 363. The molecule has 1 aromatic rings. The van der Waals surface area contributed by atoms with E-state index in [-0.39, 0.29) is 5.91 Å². The van der Waals surface area contributed by atoms with E-state index < -0.39 is 0 Å². The average Bonchev–Trinajstić information content (AvgIpc) is 2.74. The number of carbonyl (C=O) groups is 1. The standard InChI is InChI=1S/C12H22N4O2/c1-10(2)14-6-11-7-16(9-15-11)8-12(17)13-4-5-18-3/h7,9-10,14H,4-6,8H2,1-3H3,(H,13,17). The van der Waals surface area contributed by atoms with Gasteiger partial charge in [-0.1, -0.05) is 13.8 Å². The maximum absolute atomic E-state index is 11.5. The summed E-state index contributed by atoms with van der Waals surface area (Å²) < 4.78 is 6.64. The Kier molecular flexibility index (Phi) is 6.38. The smallest absolute Gasteiger partial charge is 0.240 e. The fraction of sp³-hybridized carbons (Fsp3) is 0.667. The summed E-state index contributed by atoms with van der Waals surface area (Å²) in [6.45, 7) is 6.24.